The molecular formula is C17H31N. The number of rotatable bonds is 2. The Morgan fingerprint density at radius 2 is 1.50 bits per heavy atom. The summed E-state index contributed by atoms with van der Waals surface area (Å²) in [6.07, 6.45) is 17.9. The van der Waals surface area contributed by atoms with E-state index in [-0.39, 0.29) is 0 Å². The SMILES string of the molecule is CC1CCCC(NC2CCC3(CCCC3)CC2)C1. The first kappa shape index (κ1) is 13.0. The van der Waals surface area contributed by atoms with Crippen molar-refractivity contribution in [2.75, 3.05) is 0 Å². The number of nitrogens with one attached hydrogen (secondary N) is 1. The largest absolute Gasteiger partial charge is 0.311 e. The smallest absolute Gasteiger partial charge is 0.00721 e. The van der Waals surface area contributed by atoms with Crippen LogP contribution >= 0.6 is 0 Å². The van der Waals surface area contributed by atoms with E-state index in [0.717, 1.165) is 23.4 Å². The predicted molar refractivity (Wildman–Crippen MR) is 77.7 cm³/mol. The molecule has 0 saturated heterocycles. The molecule has 1 heteroatoms. The Bertz CT molecular complexity index is 257. The van der Waals surface area contributed by atoms with Crippen LogP contribution in [-0.2, 0) is 0 Å². The monoisotopic (exact) mass is 249 g/mol. The topological polar surface area (TPSA) is 12.0 Å². The van der Waals surface area contributed by atoms with Crippen LogP contribution in [0.15, 0.2) is 0 Å². The Morgan fingerprint density at radius 1 is 0.778 bits per heavy atom. The molecule has 2 atom stereocenters. The summed E-state index contributed by atoms with van der Waals surface area (Å²) in [7, 11) is 0. The van der Waals surface area contributed by atoms with E-state index < -0.39 is 0 Å². The highest BCUT2D eigenvalue weighted by Gasteiger charge is 2.37. The molecule has 1 N–H and O–H groups in total. The van der Waals surface area contributed by atoms with E-state index in [9.17, 15) is 0 Å². The fourth-order valence-corrected chi connectivity index (χ4v) is 4.94. The zero-order valence-corrected chi connectivity index (χ0v) is 12.2. The highest BCUT2D eigenvalue weighted by Crippen LogP contribution is 2.49. The molecule has 2 unspecified atom stereocenters. The Kier molecular flexibility index (Phi) is 3.98. The zero-order chi connectivity index (χ0) is 12.4. The van der Waals surface area contributed by atoms with Crippen LogP contribution in [0.4, 0.5) is 0 Å². The van der Waals surface area contributed by atoms with E-state index in [1.807, 2.05) is 0 Å². The van der Waals surface area contributed by atoms with Gasteiger partial charge in [-0.2, -0.15) is 0 Å². The van der Waals surface area contributed by atoms with Gasteiger partial charge in [-0.05, 0) is 62.7 Å². The molecule has 1 nitrogen and oxygen atoms in total. The van der Waals surface area contributed by atoms with Gasteiger partial charge in [-0.1, -0.05) is 32.6 Å². The van der Waals surface area contributed by atoms with Gasteiger partial charge in [-0.3, -0.25) is 0 Å². The van der Waals surface area contributed by atoms with E-state index >= 15 is 0 Å². The van der Waals surface area contributed by atoms with Gasteiger partial charge in [-0.15, -0.1) is 0 Å². The minimum absolute atomic E-state index is 0.804. The normalized spacial score (nSPS) is 37.2. The molecule has 0 aromatic rings. The first-order valence-corrected chi connectivity index (χ1v) is 8.52. The zero-order valence-electron chi connectivity index (χ0n) is 12.2. The quantitative estimate of drug-likeness (QED) is 0.750. The van der Waals surface area contributed by atoms with Crippen LogP contribution in [-0.4, -0.2) is 12.1 Å². The predicted octanol–water partition coefficient (Wildman–Crippen LogP) is 4.66. The summed E-state index contributed by atoms with van der Waals surface area (Å²) in [6.45, 7) is 2.43. The van der Waals surface area contributed by atoms with E-state index in [1.54, 1.807) is 12.8 Å². The Hall–Kier alpha value is -0.0400. The van der Waals surface area contributed by atoms with Gasteiger partial charge in [0.1, 0.15) is 0 Å². The second kappa shape index (κ2) is 5.53. The van der Waals surface area contributed by atoms with Crippen LogP contribution in [0.25, 0.3) is 0 Å². The average Bonchev–Trinajstić information content (AvgIpc) is 2.81. The fraction of sp³-hybridized carbons (Fsp3) is 1.00. The van der Waals surface area contributed by atoms with Crippen LogP contribution in [0.3, 0.4) is 0 Å². The summed E-state index contributed by atoms with van der Waals surface area (Å²) in [5.41, 5.74) is 0.804. The lowest BCUT2D eigenvalue weighted by molar-refractivity contribution is 0.154. The Labute approximate surface area is 113 Å². The molecule has 18 heavy (non-hydrogen) atoms. The molecular weight excluding hydrogens is 218 g/mol. The molecule has 0 radical (unpaired) electrons. The lowest BCUT2D eigenvalue weighted by Crippen LogP contribution is -2.44. The second-order valence-electron chi connectivity index (χ2n) is 7.62. The van der Waals surface area contributed by atoms with Crippen LogP contribution < -0.4 is 5.32 Å². The molecule has 3 fully saturated rings. The van der Waals surface area contributed by atoms with Gasteiger partial charge in [0.25, 0.3) is 0 Å². The first-order valence-electron chi connectivity index (χ1n) is 8.52. The molecule has 0 aromatic carbocycles. The highest BCUT2D eigenvalue weighted by atomic mass is 15.0. The minimum atomic E-state index is 0.804. The Balaban J connectivity index is 1.45. The van der Waals surface area contributed by atoms with Crippen LogP contribution in [0.1, 0.15) is 84.0 Å². The van der Waals surface area contributed by atoms with Crippen molar-refractivity contribution in [1.82, 2.24) is 5.32 Å². The first-order chi connectivity index (χ1) is 8.76. The van der Waals surface area contributed by atoms with Crippen molar-refractivity contribution in [2.24, 2.45) is 11.3 Å². The summed E-state index contributed by atoms with van der Waals surface area (Å²) >= 11 is 0. The summed E-state index contributed by atoms with van der Waals surface area (Å²) in [6, 6.07) is 1.70. The van der Waals surface area contributed by atoms with E-state index in [0.29, 0.717) is 0 Å². The van der Waals surface area contributed by atoms with Gasteiger partial charge in [0, 0.05) is 12.1 Å². The van der Waals surface area contributed by atoms with Gasteiger partial charge < -0.3 is 5.32 Å². The van der Waals surface area contributed by atoms with Gasteiger partial charge in [-0.25, -0.2) is 0 Å². The van der Waals surface area contributed by atoms with Crippen molar-refractivity contribution in [1.29, 1.82) is 0 Å². The lowest BCUT2D eigenvalue weighted by atomic mass is 9.71. The molecule has 0 bridgehead atoms. The summed E-state index contributed by atoms with van der Waals surface area (Å²) in [5, 5.41) is 3.99. The second-order valence-corrected chi connectivity index (χ2v) is 7.62. The third kappa shape index (κ3) is 2.92. The van der Waals surface area contributed by atoms with Crippen molar-refractivity contribution in [3.05, 3.63) is 0 Å². The van der Waals surface area contributed by atoms with Crippen LogP contribution in [0.2, 0.25) is 0 Å². The van der Waals surface area contributed by atoms with Crippen LogP contribution in [0, 0.1) is 11.3 Å². The fourth-order valence-electron chi connectivity index (χ4n) is 4.94. The third-order valence-electron chi connectivity index (χ3n) is 6.12. The van der Waals surface area contributed by atoms with Crippen molar-refractivity contribution in [3.63, 3.8) is 0 Å². The van der Waals surface area contributed by atoms with E-state index in [1.165, 1.54) is 64.2 Å². The molecule has 3 aliphatic rings. The van der Waals surface area contributed by atoms with E-state index in [4.69, 9.17) is 0 Å². The standard InChI is InChI=1S/C17H31N/c1-14-5-4-6-16(13-14)18-15-7-11-17(12-8-15)9-2-3-10-17/h14-16,18H,2-13H2,1H3. The van der Waals surface area contributed by atoms with E-state index in [2.05, 4.69) is 12.2 Å². The van der Waals surface area contributed by atoms with Gasteiger partial charge in [0.2, 0.25) is 0 Å². The maximum absolute atomic E-state index is 3.99. The summed E-state index contributed by atoms with van der Waals surface area (Å²) in [5.74, 6) is 0.959. The maximum Gasteiger partial charge on any atom is 0.00721 e. The number of hydrogen-bond donors (Lipinski definition) is 1. The third-order valence-corrected chi connectivity index (χ3v) is 6.12. The minimum Gasteiger partial charge on any atom is -0.311 e. The molecule has 0 heterocycles. The molecule has 0 aliphatic heterocycles. The van der Waals surface area contributed by atoms with Crippen LogP contribution in [0.5, 0.6) is 0 Å². The lowest BCUT2D eigenvalue weighted by Gasteiger charge is -2.40. The van der Waals surface area contributed by atoms with Crippen molar-refractivity contribution >= 4 is 0 Å². The maximum atomic E-state index is 3.99. The Morgan fingerprint density at radius 3 is 2.17 bits per heavy atom. The summed E-state index contributed by atoms with van der Waals surface area (Å²) < 4.78 is 0. The van der Waals surface area contributed by atoms with Crippen molar-refractivity contribution in [3.8, 4) is 0 Å². The molecule has 0 amide bonds. The van der Waals surface area contributed by atoms with Crippen molar-refractivity contribution in [2.45, 2.75) is 96.1 Å². The molecule has 3 saturated carbocycles. The molecule has 0 aromatic heterocycles. The van der Waals surface area contributed by atoms with Gasteiger partial charge >= 0.3 is 0 Å². The molecule has 1 spiro atoms. The van der Waals surface area contributed by atoms with Gasteiger partial charge in [0.05, 0.1) is 0 Å². The number of hydrogen-bond acceptors (Lipinski definition) is 1. The summed E-state index contributed by atoms with van der Waals surface area (Å²) in [4.78, 5) is 0. The molecule has 3 rings (SSSR count). The van der Waals surface area contributed by atoms with Crippen molar-refractivity contribution < 1.29 is 0 Å². The highest BCUT2D eigenvalue weighted by molar-refractivity contribution is 4.92. The molecule has 104 valence electrons. The average molecular weight is 249 g/mol. The van der Waals surface area contributed by atoms with Gasteiger partial charge in [0.15, 0.2) is 0 Å². The molecule has 3 aliphatic carbocycles.